The van der Waals surface area contributed by atoms with Crippen molar-refractivity contribution in [3.63, 3.8) is 0 Å². The van der Waals surface area contributed by atoms with Gasteiger partial charge in [0.05, 0.1) is 6.04 Å². The zero-order chi connectivity index (χ0) is 27.2. The second kappa shape index (κ2) is 13.1. The molecular weight excluding hydrogens is 484 g/mol. The Kier molecular flexibility index (Phi) is 9.36. The standard InChI is InChI=1S/C33H46N4O2/c1-24(34)32(38)35-31(19-25-11-5-2-6-12-25)33(39)37-22-29(27-15-9-4-10-16-27)20-30(37)23-36-18-17-28(21-36)26-13-7-3-8-14-26/h3-4,7-10,13-16,24-25,28-31H,2,5-6,11-12,17-23,34H2,1H3,(H,35,38)/t24-,28?,29-,30-,31-/m0/s1. The van der Waals surface area contributed by atoms with Gasteiger partial charge in [-0.25, -0.2) is 0 Å². The maximum Gasteiger partial charge on any atom is 0.245 e. The Balaban J connectivity index is 1.33. The normalized spacial score (nSPS) is 25.9. The van der Waals surface area contributed by atoms with Crippen LogP contribution < -0.4 is 11.1 Å². The molecule has 2 aliphatic heterocycles. The summed E-state index contributed by atoms with van der Waals surface area (Å²) >= 11 is 0. The van der Waals surface area contributed by atoms with E-state index >= 15 is 0 Å². The molecule has 39 heavy (non-hydrogen) atoms. The van der Waals surface area contributed by atoms with Crippen LogP contribution in [-0.4, -0.2) is 65.9 Å². The minimum absolute atomic E-state index is 0.0804. The van der Waals surface area contributed by atoms with Gasteiger partial charge in [0, 0.05) is 31.6 Å². The molecule has 210 valence electrons. The number of nitrogens with zero attached hydrogens (tertiary/aromatic N) is 2. The Labute approximate surface area is 234 Å². The lowest BCUT2D eigenvalue weighted by atomic mass is 9.84. The lowest BCUT2D eigenvalue weighted by molar-refractivity contribution is -0.138. The number of benzene rings is 2. The number of likely N-dealkylation sites (tertiary alicyclic amines) is 2. The van der Waals surface area contributed by atoms with Gasteiger partial charge in [-0.15, -0.1) is 0 Å². The Morgan fingerprint density at radius 2 is 1.54 bits per heavy atom. The molecule has 3 aliphatic rings. The monoisotopic (exact) mass is 530 g/mol. The summed E-state index contributed by atoms with van der Waals surface area (Å²) in [7, 11) is 0. The molecule has 6 nitrogen and oxygen atoms in total. The Hall–Kier alpha value is -2.70. The zero-order valence-electron chi connectivity index (χ0n) is 23.5. The second-order valence-electron chi connectivity index (χ2n) is 12.2. The fraction of sp³-hybridized carbons (Fsp3) is 0.576. The van der Waals surface area contributed by atoms with Crippen LogP contribution in [-0.2, 0) is 9.59 Å². The first-order valence-electron chi connectivity index (χ1n) is 15.2. The molecule has 5 atom stereocenters. The number of carbonyl (C=O) groups excluding carboxylic acids is 2. The van der Waals surface area contributed by atoms with Crippen LogP contribution >= 0.6 is 0 Å². The van der Waals surface area contributed by atoms with Gasteiger partial charge >= 0.3 is 0 Å². The highest BCUT2D eigenvalue weighted by molar-refractivity contribution is 5.90. The molecule has 0 radical (unpaired) electrons. The summed E-state index contributed by atoms with van der Waals surface area (Å²) in [5, 5.41) is 3.07. The van der Waals surface area contributed by atoms with E-state index in [2.05, 4.69) is 75.8 Å². The molecule has 0 aromatic heterocycles. The first-order chi connectivity index (χ1) is 19.0. The molecular formula is C33H46N4O2. The van der Waals surface area contributed by atoms with Gasteiger partial charge in [0.15, 0.2) is 0 Å². The first kappa shape index (κ1) is 27.9. The van der Waals surface area contributed by atoms with Crippen molar-refractivity contribution in [2.75, 3.05) is 26.2 Å². The van der Waals surface area contributed by atoms with E-state index in [9.17, 15) is 9.59 Å². The van der Waals surface area contributed by atoms with E-state index in [-0.39, 0.29) is 17.9 Å². The van der Waals surface area contributed by atoms with Crippen molar-refractivity contribution in [3.05, 3.63) is 71.8 Å². The lowest BCUT2D eigenvalue weighted by Crippen LogP contribution is -2.54. The van der Waals surface area contributed by atoms with Crippen LogP contribution in [0.4, 0.5) is 0 Å². The molecule has 2 aromatic rings. The zero-order valence-corrected chi connectivity index (χ0v) is 23.5. The topological polar surface area (TPSA) is 78.7 Å². The number of rotatable bonds is 9. The van der Waals surface area contributed by atoms with Gasteiger partial charge in [0.1, 0.15) is 6.04 Å². The van der Waals surface area contributed by atoms with Gasteiger partial charge in [-0.1, -0.05) is 92.8 Å². The molecule has 3 fully saturated rings. The summed E-state index contributed by atoms with van der Waals surface area (Å²) in [6.45, 7) is 5.37. The Morgan fingerprint density at radius 1 is 0.897 bits per heavy atom. The van der Waals surface area contributed by atoms with Crippen LogP contribution in [0.3, 0.4) is 0 Å². The van der Waals surface area contributed by atoms with Gasteiger partial charge in [-0.2, -0.15) is 0 Å². The third-order valence-electron chi connectivity index (χ3n) is 9.30. The Morgan fingerprint density at radius 3 is 2.18 bits per heavy atom. The maximum atomic E-state index is 14.3. The smallest absolute Gasteiger partial charge is 0.245 e. The molecule has 5 rings (SSSR count). The molecule has 3 N–H and O–H groups in total. The molecule has 0 bridgehead atoms. The summed E-state index contributed by atoms with van der Waals surface area (Å²) in [5.74, 6) is 1.19. The van der Waals surface area contributed by atoms with Crippen molar-refractivity contribution in [2.45, 2.75) is 88.3 Å². The molecule has 2 aromatic carbocycles. The van der Waals surface area contributed by atoms with Crippen LogP contribution in [0.5, 0.6) is 0 Å². The van der Waals surface area contributed by atoms with Crippen molar-refractivity contribution < 1.29 is 9.59 Å². The van der Waals surface area contributed by atoms with Gasteiger partial charge in [0.25, 0.3) is 0 Å². The fourth-order valence-electron chi connectivity index (χ4n) is 7.10. The minimum atomic E-state index is -0.627. The molecule has 2 amide bonds. The number of amides is 2. The van der Waals surface area contributed by atoms with E-state index in [1.807, 2.05) is 0 Å². The molecule has 1 unspecified atom stereocenters. The van der Waals surface area contributed by atoms with Gasteiger partial charge in [0.2, 0.25) is 11.8 Å². The molecule has 0 spiro atoms. The number of nitrogens with two attached hydrogens (primary N) is 1. The van der Waals surface area contributed by atoms with Gasteiger partial charge in [-0.3, -0.25) is 9.59 Å². The summed E-state index contributed by atoms with van der Waals surface area (Å²) in [5.41, 5.74) is 8.63. The van der Waals surface area contributed by atoms with E-state index in [4.69, 9.17) is 5.73 Å². The van der Waals surface area contributed by atoms with Gasteiger partial charge in [-0.05, 0) is 55.7 Å². The quantitative estimate of drug-likeness (QED) is 0.494. The predicted octanol–water partition coefficient (Wildman–Crippen LogP) is 4.66. The van der Waals surface area contributed by atoms with E-state index in [0.29, 0.717) is 24.3 Å². The molecule has 2 heterocycles. The number of hydrogen-bond donors (Lipinski definition) is 2. The maximum absolute atomic E-state index is 14.3. The summed E-state index contributed by atoms with van der Waals surface area (Å²) in [4.78, 5) is 31.7. The van der Waals surface area contributed by atoms with Crippen molar-refractivity contribution in [2.24, 2.45) is 11.7 Å². The minimum Gasteiger partial charge on any atom is -0.343 e. The second-order valence-corrected chi connectivity index (χ2v) is 12.2. The van der Waals surface area contributed by atoms with E-state index in [1.54, 1.807) is 6.92 Å². The summed E-state index contributed by atoms with van der Waals surface area (Å²) in [6, 6.07) is 20.4. The highest BCUT2D eigenvalue weighted by Crippen LogP contribution is 2.36. The van der Waals surface area contributed by atoms with Crippen molar-refractivity contribution in [1.29, 1.82) is 0 Å². The van der Waals surface area contributed by atoms with Gasteiger partial charge < -0.3 is 20.9 Å². The number of carbonyl (C=O) groups is 2. The average Bonchev–Trinajstić information content (AvgIpc) is 3.61. The lowest BCUT2D eigenvalue weighted by Gasteiger charge is -2.34. The molecule has 1 saturated carbocycles. The molecule has 1 aliphatic carbocycles. The predicted molar refractivity (Wildman–Crippen MR) is 156 cm³/mol. The van der Waals surface area contributed by atoms with Crippen LogP contribution in [0.15, 0.2) is 60.7 Å². The number of hydrogen-bond acceptors (Lipinski definition) is 4. The van der Waals surface area contributed by atoms with Crippen LogP contribution in [0.25, 0.3) is 0 Å². The molecule has 6 heteroatoms. The summed E-state index contributed by atoms with van der Waals surface area (Å²) in [6.07, 6.45) is 8.82. The first-order valence-corrected chi connectivity index (χ1v) is 15.2. The van der Waals surface area contributed by atoms with Crippen LogP contribution in [0.1, 0.15) is 81.3 Å². The molecule has 2 saturated heterocycles. The highest BCUT2D eigenvalue weighted by Gasteiger charge is 2.41. The largest absolute Gasteiger partial charge is 0.343 e. The van der Waals surface area contributed by atoms with E-state index in [0.717, 1.165) is 51.7 Å². The third kappa shape index (κ3) is 7.09. The Bertz CT molecular complexity index is 1070. The van der Waals surface area contributed by atoms with E-state index in [1.165, 1.54) is 30.4 Å². The van der Waals surface area contributed by atoms with E-state index < -0.39 is 12.1 Å². The van der Waals surface area contributed by atoms with Crippen molar-refractivity contribution >= 4 is 11.8 Å². The number of nitrogens with one attached hydrogen (secondary N) is 1. The third-order valence-corrected chi connectivity index (χ3v) is 9.30. The van der Waals surface area contributed by atoms with Crippen LogP contribution in [0, 0.1) is 5.92 Å². The SMILES string of the molecule is C[C@H](N)C(=O)N[C@@H](CC1CCCCC1)C(=O)N1C[C@@H](c2ccccc2)C[C@H]1CN1CCC(c2ccccc2)C1. The fourth-order valence-corrected chi connectivity index (χ4v) is 7.10. The average molecular weight is 531 g/mol. The van der Waals surface area contributed by atoms with Crippen molar-refractivity contribution in [3.8, 4) is 0 Å². The highest BCUT2D eigenvalue weighted by atomic mass is 16.2. The van der Waals surface area contributed by atoms with Crippen molar-refractivity contribution in [1.82, 2.24) is 15.1 Å². The summed E-state index contributed by atoms with van der Waals surface area (Å²) < 4.78 is 0. The van der Waals surface area contributed by atoms with Crippen LogP contribution in [0.2, 0.25) is 0 Å².